The van der Waals surface area contributed by atoms with Crippen molar-refractivity contribution in [3.63, 3.8) is 0 Å². The number of halogens is 1. The van der Waals surface area contributed by atoms with Crippen molar-refractivity contribution in [2.75, 3.05) is 11.9 Å². The molecule has 0 saturated heterocycles. The first kappa shape index (κ1) is 12.9. The van der Waals surface area contributed by atoms with Crippen molar-refractivity contribution >= 4 is 17.4 Å². The molecule has 1 aromatic heterocycles. The summed E-state index contributed by atoms with van der Waals surface area (Å²) >= 11 is 6.00. The summed E-state index contributed by atoms with van der Waals surface area (Å²) in [5, 5.41) is 0.620. The third-order valence-corrected chi connectivity index (χ3v) is 3.10. The van der Waals surface area contributed by atoms with E-state index in [1.807, 2.05) is 37.4 Å². The number of hydrogen-bond donors (Lipinski definition) is 1. The van der Waals surface area contributed by atoms with Gasteiger partial charge in [0, 0.05) is 20.1 Å². The molecule has 0 aliphatic heterocycles. The number of anilines is 1. The number of benzene rings is 1. The maximum Gasteiger partial charge on any atom is 0.129 e. The van der Waals surface area contributed by atoms with Crippen LogP contribution in [-0.2, 0) is 13.1 Å². The second-order valence-corrected chi connectivity index (χ2v) is 4.55. The highest BCUT2D eigenvalue weighted by Gasteiger charge is 2.06. The summed E-state index contributed by atoms with van der Waals surface area (Å²) in [5.41, 5.74) is 7.58. The standard InChI is InChI=1S/C14H16ClN3/c1-18(10-11-5-3-2-4-6-11)14-8-7-12(15)13(9-16)17-14/h2-8H,9-10,16H2,1H3. The number of rotatable bonds is 4. The SMILES string of the molecule is CN(Cc1ccccc1)c1ccc(Cl)c(CN)n1. The molecule has 0 aliphatic rings. The Kier molecular flexibility index (Phi) is 4.18. The molecule has 0 aliphatic carbocycles. The van der Waals surface area contributed by atoms with Crippen LogP contribution >= 0.6 is 11.6 Å². The fourth-order valence-corrected chi connectivity index (χ4v) is 1.95. The van der Waals surface area contributed by atoms with Crippen molar-refractivity contribution in [3.8, 4) is 0 Å². The Morgan fingerprint density at radius 2 is 1.89 bits per heavy atom. The van der Waals surface area contributed by atoms with Crippen molar-refractivity contribution in [1.29, 1.82) is 0 Å². The summed E-state index contributed by atoms with van der Waals surface area (Å²) in [7, 11) is 2.00. The van der Waals surface area contributed by atoms with E-state index in [-0.39, 0.29) is 0 Å². The van der Waals surface area contributed by atoms with E-state index in [4.69, 9.17) is 17.3 Å². The molecule has 0 spiro atoms. The lowest BCUT2D eigenvalue weighted by Gasteiger charge is -2.19. The highest BCUT2D eigenvalue weighted by atomic mass is 35.5. The Hall–Kier alpha value is -1.58. The summed E-state index contributed by atoms with van der Waals surface area (Å²) in [6, 6.07) is 14.0. The van der Waals surface area contributed by atoms with Crippen molar-refractivity contribution in [2.24, 2.45) is 5.73 Å². The average Bonchev–Trinajstić information content (AvgIpc) is 2.40. The third kappa shape index (κ3) is 3.00. The van der Waals surface area contributed by atoms with Gasteiger partial charge in [0.2, 0.25) is 0 Å². The number of pyridine rings is 1. The van der Waals surface area contributed by atoms with Crippen LogP contribution in [0.2, 0.25) is 5.02 Å². The van der Waals surface area contributed by atoms with Crippen LogP contribution in [0.5, 0.6) is 0 Å². The predicted octanol–water partition coefficient (Wildman–Crippen LogP) is 2.83. The van der Waals surface area contributed by atoms with Crippen molar-refractivity contribution in [3.05, 3.63) is 58.7 Å². The summed E-state index contributed by atoms with van der Waals surface area (Å²) in [6.45, 7) is 1.16. The van der Waals surface area contributed by atoms with Gasteiger partial charge in [-0.15, -0.1) is 0 Å². The second-order valence-electron chi connectivity index (χ2n) is 4.14. The minimum atomic E-state index is 0.353. The lowest BCUT2D eigenvalue weighted by molar-refractivity contribution is 0.878. The van der Waals surface area contributed by atoms with Crippen LogP contribution in [0.3, 0.4) is 0 Å². The highest BCUT2D eigenvalue weighted by molar-refractivity contribution is 6.31. The average molecular weight is 262 g/mol. The smallest absolute Gasteiger partial charge is 0.129 e. The molecule has 0 unspecified atom stereocenters. The zero-order valence-electron chi connectivity index (χ0n) is 10.3. The van der Waals surface area contributed by atoms with Gasteiger partial charge < -0.3 is 10.6 Å². The molecule has 0 fully saturated rings. The van der Waals surface area contributed by atoms with Gasteiger partial charge in [-0.1, -0.05) is 41.9 Å². The molecule has 0 saturated carbocycles. The summed E-state index contributed by atoms with van der Waals surface area (Å²) < 4.78 is 0. The van der Waals surface area contributed by atoms with Crippen molar-refractivity contribution in [2.45, 2.75) is 13.1 Å². The molecule has 94 valence electrons. The minimum absolute atomic E-state index is 0.353. The van der Waals surface area contributed by atoms with Gasteiger partial charge in [-0.3, -0.25) is 0 Å². The van der Waals surface area contributed by atoms with E-state index in [0.29, 0.717) is 11.6 Å². The molecule has 4 heteroatoms. The Bertz CT molecular complexity index is 514. The van der Waals surface area contributed by atoms with Crippen LogP contribution in [0, 0.1) is 0 Å². The topological polar surface area (TPSA) is 42.1 Å². The molecule has 0 atom stereocenters. The van der Waals surface area contributed by atoms with Gasteiger partial charge in [-0.25, -0.2) is 4.98 Å². The number of nitrogens with two attached hydrogens (primary N) is 1. The molecule has 0 bridgehead atoms. The Labute approximate surface area is 112 Å². The van der Waals surface area contributed by atoms with Gasteiger partial charge in [-0.05, 0) is 17.7 Å². The van der Waals surface area contributed by atoms with E-state index in [0.717, 1.165) is 18.1 Å². The van der Waals surface area contributed by atoms with Crippen LogP contribution in [0.15, 0.2) is 42.5 Å². The maximum atomic E-state index is 6.00. The normalized spacial score (nSPS) is 10.4. The largest absolute Gasteiger partial charge is 0.355 e. The molecule has 3 nitrogen and oxygen atoms in total. The molecule has 0 radical (unpaired) electrons. The molecule has 2 N–H and O–H groups in total. The second kappa shape index (κ2) is 5.85. The van der Waals surface area contributed by atoms with Crippen LogP contribution in [-0.4, -0.2) is 12.0 Å². The van der Waals surface area contributed by atoms with Crippen molar-refractivity contribution in [1.82, 2.24) is 4.98 Å². The molecular weight excluding hydrogens is 246 g/mol. The van der Waals surface area contributed by atoms with E-state index in [2.05, 4.69) is 22.0 Å². The zero-order valence-corrected chi connectivity index (χ0v) is 11.1. The van der Waals surface area contributed by atoms with Gasteiger partial charge in [0.25, 0.3) is 0 Å². The van der Waals surface area contributed by atoms with Gasteiger partial charge in [0.15, 0.2) is 0 Å². The van der Waals surface area contributed by atoms with Crippen LogP contribution in [0.25, 0.3) is 0 Å². The molecule has 18 heavy (non-hydrogen) atoms. The quantitative estimate of drug-likeness (QED) is 0.920. The van der Waals surface area contributed by atoms with Gasteiger partial charge in [0.05, 0.1) is 10.7 Å². The van der Waals surface area contributed by atoms with Gasteiger partial charge in [-0.2, -0.15) is 0 Å². The lowest BCUT2D eigenvalue weighted by atomic mass is 10.2. The van der Waals surface area contributed by atoms with E-state index in [1.54, 1.807) is 0 Å². The number of hydrogen-bond acceptors (Lipinski definition) is 3. The molecule has 0 amide bonds. The van der Waals surface area contributed by atoms with E-state index < -0.39 is 0 Å². The fraction of sp³-hybridized carbons (Fsp3) is 0.214. The molecule has 1 aromatic carbocycles. The lowest BCUT2D eigenvalue weighted by Crippen LogP contribution is -2.18. The summed E-state index contributed by atoms with van der Waals surface area (Å²) in [4.78, 5) is 6.53. The van der Waals surface area contributed by atoms with Crippen LogP contribution < -0.4 is 10.6 Å². The Morgan fingerprint density at radius 1 is 1.17 bits per heavy atom. The number of nitrogens with zero attached hydrogens (tertiary/aromatic N) is 2. The van der Waals surface area contributed by atoms with Crippen molar-refractivity contribution < 1.29 is 0 Å². The fourth-order valence-electron chi connectivity index (χ4n) is 1.77. The first-order valence-corrected chi connectivity index (χ1v) is 6.19. The summed E-state index contributed by atoms with van der Waals surface area (Å²) in [5.74, 6) is 0.878. The van der Waals surface area contributed by atoms with Gasteiger partial charge in [0.1, 0.15) is 5.82 Å². The summed E-state index contributed by atoms with van der Waals surface area (Å²) in [6.07, 6.45) is 0. The first-order valence-electron chi connectivity index (χ1n) is 5.81. The monoisotopic (exact) mass is 261 g/mol. The maximum absolute atomic E-state index is 6.00. The van der Waals surface area contributed by atoms with E-state index in [1.165, 1.54) is 5.56 Å². The molecule has 1 heterocycles. The molecular formula is C14H16ClN3. The van der Waals surface area contributed by atoms with Crippen LogP contribution in [0.4, 0.5) is 5.82 Å². The van der Waals surface area contributed by atoms with Gasteiger partial charge >= 0.3 is 0 Å². The first-order chi connectivity index (χ1) is 8.70. The number of aromatic nitrogens is 1. The molecule has 2 rings (SSSR count). The third-order valence-electron chi connectivity index (χ3n) is 2.75. The van der Waals surface area contributed by atoms with E-state index in [9.17, 15) is 0 Å². The Balaban J connectivity index is 2.16. The van der Waals surface area contributed by atoms with E-state index >= 15 is 0 Å². The Morgan fingerprint density at radius 3 is 2.56 bits per heavy atom. The van der Waals surface area contributed by atoms with Crippen LogP contribution in [0.1, 0.15) is 11.3 Å². The highest BCUT2D eigenvalue weighted by Crippen LogP contribution is 2.19. The minimum Gasteiger partial charge on any atom is -0.355 e. The predicted molar refractivity (Wildman–Crippen MR) is 75.7 cm³/mol. The molecule has 2 aromatic rings. The zero-order chi connectivity index (χ0) is 13.0.